The molecule has 0 spiro atoms. The maximum atomic E-state index is 13.2. The zero-order chi connectivity index (χ0) is 19.1. The summed E-state index contributed by atoms with van der Waals surface area (Å²) in [6.07, 6.45) is 4.45. The average molecular weight is 430 g/mol. The first-order valence-electron chi connectivity index (χ1n) is 9.78. The number of benzene rings is 1. The molecule has 4 heterocycles. The molecule has 1 N–H and O–H groups in total. The number of piperidine rings is 1. The number of rotatable bonds is 4. The minimum atomic E-state index is -0.0983. The van der Waals surface area contributed by atoms with Crippen LogP contribution in [0.15, 0.2) is 47.8 Å². The lowest BCUT2D eigenvalue weighted by molar-refractivity contribution is 0.0669. The maximum Gasteiger partial charge on any atom is 0.293 e. The Bertz CT molecular complexity index is 962. The first-order chi connectivity index (χ1) is 13.7. The predicted octanol–water partition coefficient (Wildman–Crippen LogP) is 3.77. The molecule has 1 aromatic carbocycles. The van der Waals surface area contributed by atoms with Gasteiger partial charge in [0, 0.05) is 25.2 Å². The standard InChI is InChI=1S/C21H23N5OS.ClH/c1-25(17-12-14-9-10-15(13-17)22-14)21(27)19-23-20(18-8-5-11-28-18)26(24-19)16-6-3-2-4-7-16;/h2-8,11,14-15,17,22H,9-10,12-13H2,1H3;1H. The topological polar surface area (TPSA) is 63.1 Å². The molecule has 1 amide bonds. The van der Waals surface area contributed by atoms with Crippen molar-refractivity contribution < 1.29 is 4.79 Å². The van der Waals surface area contributed by atoms with Gasteiger partial charge in [0.15, 0.2) is 5.82 Å². The summed E-state index contributed by atoms with van der Waals surface area (Å²) in [6, 6.07) is 15.2. The molecule has 8 heteroatoms. The Labute approximate surface area is 180 Å². The largest absolute Gasteiger partial charge is 0.336 e. The maximum absolute atomic E-state index is 13.2. The lowest BCUT2D eigenvalue weighted by Crippen LogP contribution is -2.48. The minimum absolute atomic E-state index is 0. The molecular formula is C21H24ClN5OS. The van der Waals surface area contributed by atoms with Gasteiger partial charge in [-0.25, -0.2) is 9.67 Å². The molecule has 2 aliphatic rings. The molecule has 2 unspecified atom stereocenters. The van der Waals surface area contributed by atoms with E-state index >= 15 is 0 Å². The van der Waals surface area contributed by atoms with Crippen LogP contribution in [0.3, 0.4) is 0 Å². The van der Waals surface area contributed by atoms with Crippen molar-refractivity contribution in [3.05, 3.63) is 53.7 Å². The summed E-state index contributed by atoms with van der Waals surface area (Å²) in [5.74, 6) is 0.878. The molecule has 29 heavy (non-hydrogen) atoms. The molecule has 2 fully saturated rings. The number of halogens is 1. The van der Waals surface area contributed by atoms with Gasteiger partial charge < -0.3 is 10.2 Å². The summed E-state index contributed by atoms with van der Waals surface area (Å²) in [5.41, 5.74) is 0.903. The van der Waals surface area contributed by atoms with Crippen LogP contribution in [0.1, 0.15) is 36.3 Å². The highest BCUT2D eigenvalue weighted by Crippen LogP contribution is 2.30. The van der Waals surface area contributed by atoms with Crippen LogP contribution in [0.5, 0.6) is 0 Å². The van der Waals surface area contributed by atoms with Crippen molar-refractivity contribution in [2.45, 2.75) is 43.8 Å². The lowest BCUT2D eigenvalue weighted by atomic mass is 9.98. The minimum Gasteiger partial charge on any atom is -0.336 e. The highest BCUT2D eigenvalue weighted by atomic mass is 35.5. The number of fused-ring (bicyclic) bond motifs is 2. The molecule has 5 rings (SSSR count). The molecule has 2 aliphatic heterocycles. The third-order valence-corrected chi connectivity index (χ3v) is 6.72. The summed E-state index contributed by atoms with van der Waals surface area (Å²) in [5, 5.41) is 10.3. The van der Waals surface area contributed by atoms with Crippen molar-refractivity contribution in [1.82, 2.24) is 25.0 Å². The van der Waals surface area contributed by atoms with Gasteiger partial charge in [0.1, 0.15) is 0 Å². The molecule has 2 aromatic heterocycles. The van der Waals surface area contributed by atoms with Gasteiger partial charge in [-0.1, -0.05) is 24.3 Å². The van der Waals surface area contributed by atoms with Crippen LogP contribution in [-0.2, 0) is 0 Å². The Balaban J connectivity index is 0.00000205. The van der Waals surface area contributed by atoms with Gasteiger partial charge in [0.25, 0.3) is 5.91 Å². The van der Waals surface area contributed by atoms with E-state index in [0.29, 0.717) is 17.9 Å². The SMILES string of the molecule is CN(C(=O)c1nc(-c2cccs2)n(-c2ccccc2)n1)C1CC2CCC(C1)N2.Cl. The van der Waals surface area contributed by atoms with E-state index in [0.717, 1.165) is 23.4 Å². The van der Waals surface area contributed by atoms with Crippen LogP contribution >= 0.6 is 23.7 Å². The molecule has 152 valence electrons. The number of aromatic nitrogens is 3. The second-order valence-electron chi connectivity index (χ2n) is 7.66. The fourth-order valence-electron chi connectivity index (χ4n) is 4.38. The third-order valence-electron chi connectivity index (χ3n) is 5.86. The van der Waals surface area contributed by atoms with Crippen molar-refractivity contribution in [1.29, 1.82) is 0 Å². The zero-order valence-electron chi connectivity index (χ0n) is 16.2. The zero-order valence-corrected chi connectivity index (χ0v) is 17.8. The van der Waals surface area contributed by atoms with Crippen molar-refractivity contribution >= 4 is 29.7 Å². The van der Waals surface area contributed by atoms with E-state index in [9.17, 15) is 4.79 Å². The number of para-hydroxylation sites is 1. The van der Waals surface area contributed by atoms with Crippen LogP contribution in [0, 0.1) is 0 Å². The Hall–Kier alpha value is -2.22. The average Bonchev–Trinajstić information content (AvgIpc) is 3.47. The number of amides is 1. The molecular weight excluding hydrogens is 406 g/mol. The van der Waals surface area contributed by atoms with Gasteiger partial charge in [-0.2, -0.15) is 0 Å². The highest BCUT2D eigenvalue weighted by Gasteiger charge is 2.37. The molecule has 0 aliphatic carbocycles. The van der Waals surface area contributed by atoms with Crippen LogP contribution in [0.2, 0.25) is 0 Å². The van der Waals surface area contributed by atoms with E-state index in [-0.39, 0.29) is 30.2 Å². The van der Waals surface area contributed by atoms with Crippen molar-refractivity contribution in [3.8, 4) is 16.4 Å². The van der Waals surface area contributed by atoms with Gasteiger partial charge in [0.05, 0.1) is 10.6 Å². The van der Waals surface area contributed by atoms with Gasteiger partial charge in [0.2, 0.25) is 5.82 Å². The smallest absolute Gasteiger partial charge is 0.293 e. The van der Waals surface area contributed by atoms with Crippen molar-refractivity contribution in [2.24, 2.45) is 0 Å². The quantitative estimate of drug-likeness (QED) is 0.685. The Morgan fingerprint density at radius 1 is 1.14 bits per heavy atom. The number of nitrogens with one attached hydrogen (secondary N) is 1. The molecule has 6 nitrogen and oxygen atoms in total. The summed E-state index contributed by atoms with van der Waals surface area (Å²) in [4.78, 5) is 20.7. The number of nitrogens with zero attached hydrogens (tertiary/aromatic N) is 4. The second kappa shape index (κ2) is 8.26. The van der Waals surface area contributed by atoms with Gasteiger partial charge in [-0.3, -0.25) is 4.79 Å². The molecule has 2 bridgehead atoms. The number of carbonyl (C=O) groups excluding carboxylic acids is 1. The van der Waals surface area contributed by atoms with E-state index < -0.39 is 0 Å². The molecule has 0 saturated carbocycles. The summed E-state index contributed by atoms with van der Waals surface area (Å²) in [7, 11) is 1.89. The number of hydrogen-bond acceptors (Lipinski definition) is 5. The monoisotopic (exact) mass is 429 g/mol. The molecule has 2 saturated heterocycles. The van der Waals surface area contributed by atoms with Crippen LogP contribution in [0.4, 0.5) is 0 Å². The lowest BCUT2D eigenvalue weighted by Gasteiger charge is -2.35. The third kappa shape index (κ3) is 3.82. The summed E-state index contributed by atoms with van der Waals surface area (Å²) >= 11 is 1.60. The fraction of sp³-hybridized carbons (Fsp3) is 0.381. The Kier molecular flexibility index (Phi) is 5.72. The number of thiophene rings is 1. The molecule has 3 aromatic rings. The normalized spacial score (nSPS) is 22.9. The Morgan fingerprint density at radius 2 is 1.86 bits per heavy atom. The van der Waals surface area contributed by atoms with Gasteiger partial charge in [-0.15, -0.1) is 28.8 Å². The van der Waals surface area contributed by atoms with Crippen LogP contribution in [0.25, 0.3) is 16.4 Å². The first-order valence-corrected chi connectivity index (χ1v) is 10.7. The van der Waals surface area contributed by atoms with Crippen LogP contribution in [-0.4, -0.2) is 50.7 Å². The molecule has 0 radical (unpaired) electrons. The van der Waals surface area contributed by atoms with Crippen molar-refractivity contribution in [3.63, 3.8) is 0 Å². The van der Waals surface area contributed by atoms with Crippen LogP contribution < -0.4 is 5.32 Å². The number of carbonyl (C=O) groups is 1. The highest BCUT2D eigenvalue weighted by molar-refractivity contribution is 7.13. The number of hydrogen-bond donors (Lipinski definition) is 1. The van der Waals surface area contributed by atoms with E-state index in [1.54, 1.807) is 16.0 Å². The first kappa shape index (κ1) is 20.1. The van der Waals surface area contributed by atoms with E-state index in [1.165, 1.54) is 12.8 Å². The van der Waals surface area contributed by atoms with Crippen molar-refractivity contribution in [2.75, 3.05) is 7.05 Å². The fourth-order valence-corrected chi connectivity index (χ4v) is 5.08. The Morgan fingerprint density at radius 3 is 2.52 bits per heavy atom. The summed E-state index contributed by atoms with van der Waals surface area (Å²) < 4.78 is 1.78. The summed E-state index contributed by atoms with van der Waals surface area (Å²) in [6.45, 7) is 0. The second-order valence-corrected chi connectivity index (χ2v) is 8.61. The van der Waals surface area contributed by atoms with Gasteiger partial charge in [-0.05, 0) is 49.3 Å². The predicted molar refractivity (Wildman–Crippen MR) is 117 cm³/mol. The van der Waals surface area contributed by atoms with E-state index in [2.05, 4.69) is 15.4 Å². The molecule has 2 atom stereocenters. The van der Waals surface area contributed by atoms with E-state index in [4.69, 9.17) is 0 Å². The van der Waals surface area contributed by atoms with Gasteiger partial charge >= 0.3 is 0 Å². The van der Waals surface area contributed by atoms with E-state index in [1.807, 2.05) is 59.8 Å².